The number of amides is 1. The second kappa shape index (κ2) is 7.44. The highest BCUT2D eigenvalue weighted by atomic mass is 16.5. The molecule has 0 unspecified atom stereocenters. The molecule has 122 valence electrons. The Balaban J connectivity index is 2.02. The van der Waals surface area contributed by atoms with Gasteiger partial charge in [-0.25, -0.2) is 4.98 Å². The Morgan fingerprint density at radius 1 is 1.35 bits per heavy atom. The molecule has 0 atom stereocenters. The Morgan fingerprint density at radius 2 is 2.04 bits per heavy atom. The molecule has 1 amide bonds. The normalized spacial score (nSPS) is 10.3. The molecule has 23 heavy (non-hydrogen) atoms. The van der Waals surface area contributed by atoms with Gasteiger partial charge in [0.2, 0.25) is 5.91 Å². The summed E-state index contributed by atoms with van der Waals surface area (Å²) in [6.07, 6.45) is 2.27. The van der Waals surface area contributed by atoms with Crippen LogP contribution < -0.4 is 21.3 Å². The molecular weight excluding hydrogens is 296 g/mol. The molecule has 1 heterocycles. The lowest BCUT2D eigenvalue weighted by molar-refractivity contribution is -0.118. The van der Waals surface area contributed by atoms with Crippen LogP contribution in [-0.2, 0) is 17.8 Å². The number of hydrogen-bond acceptors (Lipinski definition) is 5. The van der Waals surface area contributed by atoms with E-state index in [-0.39, 0.29) is 17.9 Å². The molecule has 3 N–H and O–H groups in total. The summed E-state index contributed by atoms with van der Waals surface area (Å²) in [5.41, 5.74) is 6.52. The lowest BCUT2D eigenvalue weighted by Crippen LogP contribution is -2.32. The topological polar surface area (TPSA) is 99.2 Å². The molecule has 0 spiro atoms. The Bertz CT molecular complexity index is 738. The molecule has 7 nitrogen and oxygen atoms in total. The summed E-state index contributed by atoms with van der Waals surface area (Å²) in [5.74, 6) is 0.451. The Kier molecular flexibility index (Phi) is 5.35. The van der Waals surface area contributed by atoms with E-state index in [1.165, 1.54) is 4.57 Å². The fraction of sp³-hybridized carbons (Fsp3) is 0.312. The van der Waals surface area contributed by atoms with Crippen molar-refractivity contribution in [2.75, 3.05) is 19.0 Å². The van der Waals surface area contributed by atoms with Gasteiger partial charge >= 0.3 is 0 Å². The second-order valence-electron chi connectivity index (χ2n) is 5.13. The fourth-order valence-electron chi connectivity index (χ4n) is 2.16. The van der Waals surface area contributed by atoms with Crippen molar-refractivity contribution in [1.82, 2.24) is 9.55 Å². The highest BCUT2D eigenvalue weighted by Gasteiger charge is 2.09. The van der Waals surface area contributed by atoms with Gasteiger partial charge in [-0.3, -0.25) is 14.2 Å². The van der Waals surface area contributed by atoms with Crippen LogP contribution in [0.2, 0.25) is 0 Å². The summed E-state index contributed by atoms with van der Waals surface area (Å²) in [7, 11) is 1.62. The number of carbonyl (C=O) groups excluding carboxylic acids is 1. The van der Waals surface area contributed by atoms with E-state index in [9.17, 15) is 9.59 Å². The van der Waals surface area contributed by atoms with Crippen LogP contribution >= 0.6 is 0 Å². The maximum Gasteiger partial charge on any atom is 0.293 e. The number of aromatic nitrogens is 2. The van der Waals surface area contributed by atoms with Gasteiger partial charge in [0.15, 0.2) is 5.82 Å². The third-order valence-electron chi connectivity index (χ3n) is 3.43. The van der Waals surface area contributed by atoms with Gasteiger partial charge in [-0.2, -0.15) is 0 Å². The Hall–Kier alpha value is -2.83. The molecule has 0 aliphatic heterocycles. The van der Waals surface area contributed by atoms with E-state index in [0.717, 1.165) is 17.7 Å². The molecule has 7 heteroatoms. The van der Waals surface area contributed by atoms with Crippen LogP contribution in [0.3, 0.4) is 0 Å². The number of primary amides is 1. The Morgan fingerprint density at radius 3 is 2.65 bits per heavy atom. The standard InChI is InChI=1S/C16H20N4O3/c1-11-9-19-15(16(22)20(11)10-14(17)21)18-8-7-12-3-5-13(23-2)6-4-12/h3-6,9H,7-8,10H2,1-2H3,(H2,17,21)(H,18,19). The van der Waals surface area contributed by atoms with Gasteiger partial charge < -0.3 is 15.8 Å². The van der Waals surface area contributed by atoms with Crippen LogP contribution in [0.25, 0.3) is 0 Å². The largest absolute Gasteiger partial charge is 0.497 e. The number of methoxy groups -OCH3 is 1. The third-order valence-corrected chi connectivity index (χ3v) is 3.43. The van der Waals surface area contributed by atoms with Crippen molar-refractivity contribution in [2.45, 2.75) is 19.9 Å². The van der Waals surface area contributed by atoms with Crippen LogP contribution in [-0.4, -0.2) is 29.1 Å². The molecular formula is C16H20N4O3. The van der Waals surface area contributed by atoms with Crippen LogP contribution in [0.15, 0.2) is 35.3 Å². The average Bonchev–Trinajstić information content (AvgIpc) is 2.54. The number of ether oxygens (including phenoxy) is 1. The summed E-state index contributed by atoms with van der Waals surface area (Å²) in [5, 5.41) is 3.00. The summed E-state index contributed by atoms with van der Waals surface area (Å²) >= 11 is 0. The lowest BCUT2D eigenvalue weighted by atomic mass is 10.1. The second-order valence-corrected chi connectivity index (χ2v) is 5.13. The molecule has 0 saturated carbocycles. The average molecular weight is 316 g/mol. The molecule has 2 aromatic rings. The quantitative estimate of drug-likeness (QED) is 0.783. The van der Waals surface area contributed by atoms with Gasteiger partial charge in [0, 0.05) is 18.4 Å². The first kappa shape index (κ1) is 16.5. The highest BCUT2D eigenvalue weighted by molar-refractivity contribution is 5.73. The van der Waals surface area contributed by atoms with E-state index in [2.05, 4.69) is 10.3 Å². The minimum Gasteiger partial charge on any atom is -0.497 e. The molecule has 1 aromatic carbocycles. The predicted octanol–water partition coefficient (Wildman–Crippen LogP) is 0.700. The SMILES string of the molecule is COc1ccc(CCNc2ncc(C)n(CC(N)=O)c2=O)cc1. The van der Waals surface area contributed by atoms with E-state index in [1.807, 2.05) is 24.3 Å². The van der Waals surface area contributed by atoms with Crippen molar-refractivity contribution < 1.29 is 9.53 Å². The smallest absolute Gasteiger partial charge is 0.293 e. The number of hydrogen-bond donors (Lipinski definition) is 2. The number of benzene rings is 1. The first-order valence-corrected chi connectivity index (χ1v) is 7.23. The van der Waals surface area contributed by atoms with Crippen molar-refractivity contribution in [3.8, 4) is 5.75 Å². The number of nitrogens with zero attached hydrogens (tertiary/aromatic N) is 2. The van der Waals surface area contributed by atoms with Crippen molar-refractivity contribution in [3.63, 3.8) is 0 Å². The molecule has 0 aliphatic carbocycles. The zero-order valence-electron chi connectivity index (χ0n) is 13.2. The van der Waals surface area contributed by atoms with Gasteiger partial charge in [-0.15, -0.1) is 0 Å². The van der Waals surface area contributed by atoms with Crippen molar-refractivity contribution >= 4 is 11.7 Å². The summed E-state index contributed by atoms with van der Waals surface area (Å²) in [6.45, 7) is 2.10. The van der Waals surface area contributed by atoms with Gasteiger partial charge in [-0.05, 0) is 31.0 Å². The van der Waals surface area contributed by atoms with Crippen molar-refractivity contribution in [3.05, 3.63) is 52.1 Å². The predicted molar refractivity (Wildman–Crippen MR) is 87.6 cm³/mol. The van der Waals surface area contributed by atoms with Crippen LogP contribution in [0.5, 0.6) is 5.75 Å². The lowest BCUT2D eigenvalue weighted by Gasteiger charge is -2.11. The van der Waals surface area contributed by atoms with Crippen LogP contribution in [0, 0.1) is 6.92 Å². The zero-order valence-corrected chi connectivity index (χ0v) is 13.2. The number of nitrogens with two attached hydrogens (primary N) is 1. The van der Waals surface area contributed by atoms with E-state index >= 15 is 0 Å². The number of aryl methyl sites for hydroxylation is 1. The molecule has 0 aliphatic rings. The maximum absolute atomic E-state index is 12.3. The first-order chi connectivity index (χ1) is 11.0. The van der Waals surface area contributed by atoms with E-state index < -0.39 is 5.91 Å². The molecule has 1 aromatic heterocycles. The van der Waals surface area contributed by atoms with Gasteiger partial charge in [0.1, 0.15) is 12.3 Å². The molecule has 0 bridgehead atoms. The summed E-state index contributed by atoms with van der Waals surface area (Å²) < 4.78 is 6.42. The van der Waals surface area contributed by atoms with Gasteiger partial charge in [-0.1, -0.05) is 12.1 Å². The zero-order chi connectivity index (χ0) is 16.8. The van der Waals surface area contributed by atoms with Gasteiger partial charge in [0.25, 0.3) is 5.56 Å². The molecule has 0 saturated heterocycles. The Labute approximate surface area is 134 Å². The van der Waals surface area contributed by atoms with Crippen LogP contribution in [0.4, 0.5) is 5.82 Å². The maximum atomic E-state index is 12.3. The summed E-state index contributed by atoms with van der Waals surface area (Å²) in [4.78, 5) is 27.4. The van der Waals surface area contributed by atoms with Crippen LogP contribution in [0.1, 0.15) is 11.3 Å². The fourth-order valence-corrected chi connectivity index (χ4v) is 2.16. The highest BCUT2D eigenvalue weighted by Crippen LogP contribution is 2.11. The van der Waals surface area contributed by atoms with Crippen molar-refractivity contribution in [2.24, 2.45) is 5.73 Å². The van der Waals surface area contributed by atoms with Gasteiger partial charge in [0.05, 0.1) is 7.11 Å². The van der Waals surface area contributed by atoms with E-state index in [1.54, 1.807) is 20.2 Å². The molecule has 2 rings (SSSR count). The minimum absolute atomic E-state index is 0.152. The molecule has 0 radical (unpaired) electrons. The number of rotatable bonds is 7. The van der Waals surface area contributed by atoms with Crippen molar-refractivity contribution in [1.29, 1.82) is 0 Å². The number of carbonyl (C=O) groups is 1. The van der Waals surface area contributed by atoms with E-state index in [0.29, 0.717) is 12.2 Å². The monoisotopic (exact) mass is 316 g/mol. The first-order valence-electron chi connectivity index (χ1n) is 7.23. The number of anilines is 1. The number of nitrogens with one attached hydrogen (secondary N) is 1. The summed E-state index contributed by atoms with van der Waals surface area (Å²) in [6, 6.07) is 7.71. The van der Waals surface area contributed by atoms with E-state index in [4.69, 9.17) is 10.5 Å². The third kappa shape index (κ3) is 4.32. The molecule has 0 fully saturated rings. The minimum atomic E-state index is -0.564.